The number of hydrogen-bond donors (Lipinski definition) is 1. The van der Waals surface area contributed by atoms with Crippen molar-refractivity contribution in [1.82, 2.24) is 19.4 Å². The van der Waals surface area contributed by atoms with Crippen molar-refractivity contribution in [3.05, 3.63) is 64.1 Å². The summed E-state index contributed by atoms with van der Waals surface area (Å²) in [4.78, 5) is 17.6. The molecule has 1 N–H and O–H groups in total. The zero-order valence-corrected chi connectivity index (χ0v) is 25.6. The highest BCUT2D eigenvalue weighted by Crippen LogP contribution is 2.39. The number of benzene rings is 2. The molecule has 1 heterocycles. The summed E-state index contributed by atoms with van der Waals surface area (Å²) < 4.78 is 32.3. The summed E-state index contributed by atoms with van der Waals surface area (Å²) in [6.45, 7) is 4.40. The number of carbonyl (C=O) groups is 1. The van der Waals surface area contributed by atoms with Crippen molar-refractivity contribution in [1.29, 1.82) is 0 Å². The highest BCUT2D eigenvalue weighted by atomic mass is 35.5. The second-order valence-corrected chi connectivity index (χ2v) is 13.7. The van der Waals surface area contributed by atoms with E-state index in [-0.39, 0.29) is 41.6 Å². The van der Waals surface area contributed by atoms with Gasteiger partial charge in [-0.3, -0.25) is 9.69 Å². The summed E-state index contributed by atoms with van der Waals surface area (Å²) >= 11 is 12.0. The van der Waals surface area contributed by atoms with E-state index in [4.69, 9.17) is 27.9 Å². The Morgan fingerprint density at radius 3 is 2.38 bits per heavy atom. The van der Waals surface area contributed by atoms with Gasteiger partial charge in [0.25, 0.3) is 0 Å². The molecule has 2 aromatic rings. The Morgan fingerprint density at radius 1 is 1.05 bits per heavy atom. The number of nitrogens with zero attached hydrogens (tertiary/aromatic N) is 3. The molecule has 0 radical (unpaired) electrons. The zero-order chi connectivity index (χ0) is 28.7. The number of piperazine rings is 1. The van der Waals surface area contributed by atoms with Crippen molar-refractivity contribution < 1.29 is 17.9 Å². The molecule has 0 bridgehead atoms. The lowest BCUT2D eigenvalue weighted by atomic mass is 9.78. The predicted molar refractivity (Wildman–Crippen MR) is 159 cm³/mol. The minimum absolute atomic E-state index is 0.0171. The number of ether oxygens (including phenoxy) is 1. The molecule has 11 heteroatoms. The van der Waals surface area contributed by atoms with Gasteiger partial charge in [0.15, 0.2) is 0 Å². The van der Waals surface area contributed by atoms with E-state index in [1.54, 1.807) is 0 Å². The molecule has 0 aromatic heterocycles. The maximum Gasteiger partial charge on any atom is 0.246 e. The Kier molecular flexibility index (Phi) is 11.3. The van der Waals surface area contributed by atoms with Gasteiger partial charge in [0.2, 0.25) is 15.9 Å². The monoisotopic (exact) mass is 610 g/mol. The van der Waals surface area contributed by atoms with Crippen LogP contribution in [0.1, 0.15) is 37.3 Å². The fraction of sp³-hybridized carbons (Fsp3) is 0.552. The van der Waals surface area contributed by atoms with Crippen LogP contribution in [0.25, 0.3) is 0 Å². The first kappa shape index (κ1) is 31.2. The fourth-order valence-corrected chi connectivity index (χ4v) is 7.61. The van der Waals surface area contributed by atoms with Gasteiger partial charge >= 0.3 is 0 Å². The Labute approximate surface area is 248 Å². The summed E-state index contributed by atoms with van der Waals surface area (Å²) in [5.41, 5.74) is 1.39. The molecule has 1 amide bonds. The molecule has 1 saturated heterocycles. The summed E-state index contributed by atoms with van der Waals surface area (Å²) in [5.74, 6) is 0.384. The lowest BCUT2D eigenvalue weighted by molar-refractivity contribution is -0.126. The standard InChI is InChI=1S/C29H40Cl2N4O4S/c1-33-14-16-35(17-15-33)29(22-6-4-3-5-7-22)23-8-11-25(12-9-23)32-28(36)21-39-19-18-34(2)40(37,38)27-13-10-24(30)20-26(27)31/h3-7,10,13,20,23,25,29H,8-9,11-12,14-19,21H2,1-2H3,(H,32,36). The van der Waals surface area contributed by atoms with Crippen molar-refractivity contribution in [3.8, 4) is 0 Å². The summed E-state index contributed by atoms with van der Waals surface area (Å²) in [7, 11) is -0.161. The van der Waals surface area contributed by atoms with Gasteiger partial charge in [-0.05, 0) is 62.4 Å². The van der Waals surface area contributed by atoms with Crippen LogP contribution in [-0.2, 0) is 19.6 Å². The summed E-state index contributed by atoms with van der Waals surface area (Å²) in [6.07, 6.45) is 4.01. The molecule has 1 unspecified atom stereocenters. The third-order valence-corrected chi connectivity index (χ3v) is 10.6. The van der Waals surface area contributed by atoms with E-state index in [1.807, 2.05) is 0 Å². The number of amides is 1. The van der Waals surface area contributed by atoms with Crippen molar-refractivity contribution in [3.63, 3.8) is 0 Å². The molecule has 1 saturated carbocycles. The Bertz CT molecular complexity index is 1220. The topological polar surface area (TPSA) is 82.2 Å². The largest absolute Gasteiger partial charge is 0.370 e. The number of halogens is 2. The fourth-order valence-electron chi connectivity index (χ4n) is 5.71. The van der Waals surface area contributed by atoms with Gasteiger partial charge < -0.3 is 15.0 Å². The second kappa shape index (κ2) is 14.4. The molecule has 1 aliphatic heterocycles. The number of carbonyl (C=O) groups excluding carboxylic acids is 1. The lowest BCUT2D eigenvalue weighted by Crippen LogP contribution is -2.48. The van der Waals surface area contributed by atoms with E-state index in [1.165, 1.54) is 30.8 Å². The summed E-state index contributed by atoms with van der Waals surface area (Å²) in [5, 5.41) is 3.54. The van der Waals surface area contributed by atoms with Crippen molar-refractivity contribution in [2.24, 2.45) is 5.92 Å². The van der Waals surface area contributed by atoms with Gasteiger partial charge in [0.05, 0.1) is 11.6 Å². The number of hydrogen-bond acceptors (Lipinski definition) is 6. The van der Waals surface area contributed by atoms with Gasteiger partial charge in [-0.15, -0.1) is 0 Å². The maximum absolute atomic E-state index is 12.8. The van der Waals surface area contributed by atoms with Gasteiger partial charge in [-0.2, -0.15) is 4.31 Å². The smallest absolute Gasteiger partial charge is 0.246 e. The van der Waals surface area contributed by atoms with Gasteiger partial charge in [0.1, 0.15) is 11.5 Å². The van der Waals surface area contributed by atoms with Crippen LogP contribution in [0.2, 0.25) is 10.0 Å². The van der Waals surface area contributed by atoms with Crippen LogP contribution in [0.15, 0.2) is 53.4 Å². The third kappa shape index (κ3) is 8.18. The van der Waals surface area contributed by atoms with E-state index in [9.17, 15) is 13.2 Å². The number of nitrogens with one attached hydrogen (secondary N) is 1. The molecule has 2 aromatic carbocycles. The van der Waals surface area contributed by atoms with Gasteiger partial charge in [0, 0.05) is 56.9 Å². The van der Waals surface area contributed by atoms with Crippen LogP contribution in [-0.4, -0.2) is 94.5 Å². The molecular weight excluding hydrogens is 571 g/mol. The molecule has 1 aliphatic carbocycles. The first-order valence-electron chi connectivity index (χ1n) is 13.9. The molecule has 1 atom stereocenters. The molecule has 4 rings (SSSR count). The Hall–Kier alpha value is -1.72. The Balaban J connectivity index is 1.21. The van der Waals surface area contributed by atoms with Crippen LogP contribution in [0.4, 0.5) is 0 Å². The van der Waals surface area contributed by atoms with Crippen LogP contribution in [0, 0.1) is 5.92 Å². The second-order valence-electron chi connectivity index (χ2n) is 10.8. The molecule has 2 aliphatic rings. The van der Waals surface area contributed by atoms with Gasteiger partial charge in [-0.1, -0.05) is 53.5 Å². The quantitative estimate of drug-likeness (QED) is 0.382. The van der Waals surface area contributed by atoms with Crippen LogP contribution in [0.5, 0.6) is 0 Å². The predicted octanol–water partition coefficient (Wildman–Crippen LogP) is 4.29. The van der Waals surface area contributed by atoms with E-state index >= 15 is 0 Å². The van der Waals surface area contributed by atoms with E-state index < -0.39 is 10.0 Å². The normalized spacial score (nSPS) is 21.8. The highest BCUT2D eigenvalue weighted by molar-refractivity contribution is 7.89. The number of sulfonamides is 1. The first-order valence-corrected chi connectivity index (χ1v) is 16.1. The lowest BCUT2D eigenvalue weighted by Gasteiger charge is -2.44. The van der Waals surface area contributed by atoms with Gasteiger partial charge in [-0.25, -0.2) is 8.42 Å². The molecule has 8 nitrogen and oxygen atoms in total. The third-order valence-electron chi connectivity index (χ3n) is 8.02. The molecule has 2 fully saturated rings. The number of rotatable bonds is 11. The molecular formula is C29H40Cl2N4O4S. The van der Waals surface area contributed by atoms with Crippen LogP contribution >= 0.6 is 23.2 Å². The van der Waals surface area contributed by atoms with Crippen LogP contribution in [0.3, 0.4) is 0 Å². The summed E-state index contributed by atoms with van der Waals surface area (Å²) in [6, 6.07) is 15.6. The van der Waals surface area contributed by atoms with E-state index in [2.05, 4.69) is 52.5 Å². The van der Waals surface area contributed by atoms with E-state index in [0.29, 0.717) is 17.0 Å². The first-order chi connectivity index (χ1) is 19.1. The minimum Gasteiger partial charge on any atom is -0.370 e. The van der Waals surface area contributed by atoms with Crippen molar-refractivity contribution in [2.75, 3.05) is 60.0 Å². The van der Waals surface area contributed by atoms with Crippen molar-refractivity contribution >= 4 is 39.1 Å². The molecule has 40 heavy (non-hydrogen) atoms. The SMILES string of the molecule is CN1CCN(C(c2ccccc2)C2CCC(NC(=O)COCCN(C)S(=O)(=O)c3ccc(Cl)cc3Cl)CC2)CC1. The average Bonchev–Trinajstić information content (AvgIpc) is 2.93. The number of likely N-dealkylation sites (N-methyl/N-ethyl adjacent to an activating group) is 2. The Morgan fingerprint density at radius 2 is 1.73 bits per heavy atom. The minimum atomic E-state index is -3.80. The van der Waals surface area contributed by atoms with Crippen LogP contribution < -0.4 is 5.32 Å². The zero-order valence-electron chi connectivity index (χ0n) is 23.3. The van der Waals surface area contributed by atoms with Crippen molar-refractivity contribution in [2.45, 2.75) is 42.7 Å². The highest BCUT2D eigenvalue weighted by Gasteiger charge is 2.34. The van der Waals surface area contributed by atoms with E-state index in [0.717, 1.165) is 56.2 Å². The molecule has 0 spiro atoms. The maximum atomic E-state index is 12.8. The molecule has 220 valence electrons. The average molecular weight is 612 g/mol.